The van der Waals surface area contributed by atoms with Crippen molar-refractivity contribution in [2.24, 2.45) is 0 Å². The number of ether oxygens (including phenoxy) is 2. The quantitative estimate of drug-likeness (QED) is 0.0235. The van der Waals surface area contributed by atoms with Crippen molar-refractivity contribution in [2.45, 2.75) is 199 Å². The zero-order valence-electron chi connectivity index (χ0n) is 36.5. The number of aliphatic hydroxyl groups is 2. The summed E-state index contributed by atoms with van der Waals surface area (Å²) in [6, 6.07) is 0. The number of hydrogen-bond donors (Lipinski definition) is 3. The molecule has 0 aromatic heterocycles. The lowest BCUT2D eigenvalue weighted by atomic mass is 10.0. The van der Waals surface area contributed by atoms with Gasteiger partial charge in [0.2, 0.25) is 0 Å². The monoisotopic (exact) mass is 839 g/mol. The van der Waals surface area contributed by atoms with Gasteiger partial charge >= 0.3 is 19.8 Å². The Bertz CT molecular complexity index is 1150. The van der Waals surface area contributed by atoms with Crippen molar-refractivity contribution in [1.29, 1.82) is 0 Å². The van der Waals surface area contributed by atoms with Crippen LogP contribution in [0.3, 0.4) is 0 Å². The molecule has 0 bridgehead atoms. The van der Waals surface area contributed by atoms with Gasteiger partial charge in [-0.1, -0.05) is 184 Å². The second kappa shape index (κ2) is 42.8. The largest absolute Gasteiger partial charge is 0.472 e. The van der Waals surface area contributed by atoms with Gasteiger partial charge in [0.15, 0.2) is 6.10 Å². The van der Waals surface area contributed by atoms with E-state index in [1.54, 1.807) is 0 Å². The molecule has 1 unspecified atom stereocenters. The van der Waals surface area contributed by atoms with E-state index in [1.807, 2.05) is 12.2 Å². The Morgan fingerprint density at radius 2 is 0.931 bits per heavy atom. The number of esters is 2. The average Bonchev–Trinajstić information content (AvgIpc) is 3.21. The highest BCUT2D eigenvalue weighted by Gasteiger charge is 2.27. The third-order valence-corrected chi connectivity index (χ3v) is 10.4. The Morgan fingerprint density at radius 3 is 1.41 bits per heavy atom. The molecule has 0 aliphatic rings. The minimum absolute atomic E-state index is 0.0603. The molecule has 0 aliphatic carbocycles. The fourth-order valence-electron chi connectivity index (χ4n) is 5.92. The van der Waals surface area contributed by atoms with Gasteiger partial charge in [-0.15, -0.1) is 0 Å². The average molecular weight is 839 g/mol. The van der Waals surface area contributed by atoms with Crippen LogP contribution < -0.4 is 0 Å². The number of rotatable bonds is 42. The van der Waals surface area contributed by atoms with Crippen LogP contribution >= 0.6 is 7.82 Å². The molecule has 0 aliphatic heterocycles. The molecule has 0 rings (SSSR count). The minimum Gasteiger partial charge on any atom is -0.462 e. The SMILES string of the molecule is CCCCC/C=C/C/C=C/C/C=C/C/C=C/C/C=C/CCC(=O)O[C@H](COC(=O)CCCCCCCCCCCCCCCCCC)COP(=O)(O)OC[C@@H](O)CO. The maximum atomic E-state index is 12.6. The first-order valence-electron chi connectivity index (χ1n) is 22.7. The summed E-state index contributed by atoms with van der Waals surface area (Å²) in [7, 11) is -4.64. The molecule has 0 radical (unpaired) electrons. The number of phosphoric ester groups is 1. The van der Waals surface area contributed by atoms with E-state index in [2.05, 4.69) is 67.0 Å². The van der Waals surface area contributed by atoms with Gasteiger partial charge in [-0.05, 0) is 51.4 Å². The van der Waals surface area contributed by atoms with Crippen LogP contribution in [0, 0.1) is 0 Å². The first kappa shape index (κ1) is 55.7. The van der Waals surface area contributed by atoms with Crippen molar-refractivity contribution in [2.75, 3.05) is 26.4 Å². The summed E-state index contributed by atoms with van der Waals surface area (Å²) in [6.45, 7) is 2.28. The third kappa shape index (κ3) is 41.8. The molecule has 336 valence electrons. The number of hydrogen-bond acceptors (Lipinski definition) is 9. The Balaban J connectivity index is 4.39. The van der Waals surface area contributed by atoms with E-state index in [4.69, 9.17) is 19.1 Å². The summed E-state index contributed by atoms with van der Waals surface area (Å²) < 4.78 is 32.7. The molecular weight excluding hydrogens is 755 g/mol. The summed E-state index contributed by atoms with van der Waals surface area (Å²) >= 11 is 0. The summed E-state index contributed by atoms with van der Waals surface area (Å²) in [6.07, 6.45) is 47.7. The number of carbonyl (C=O) groups is 2. The minimum atomic E-state index is -4.64. The van der Waals surface area contributed by atoms with Crippen molar-refractivity contribution in [3.8, 4) is 0 Å². The Labute approximate surface area is 353 Å². The topological polar surface area (TPSA) is 149 Å². The van der Waals surface area contributed by atoms with Crippen molar-refractivity contribution in [3.05, 3.63) is 60.8 Å². The summed E-state index contributed by atoms with van der Waals surface area (Å²) in [4.78, 5) is 35.0. The molecule has 58 heavy (non-hydrogen) atoms. The van der Waals surface area contributed by atoms with Gasteiger partial charge in [-0.3, -0.25) is 18.6 Å². The highest BCUT2D eigenvalue weighted by Crippen LogP contribution is 2.43. The van der Waals surface area contributed by atoms with E-state index < -0.39 is 51.8 Å². The molecule has 10 nitrogen and oxygen atoms in total. The zero-order valence-corrected chi connectivity index (χ0v) is 37.4. The molecule has 0 aromatic rings. The smallest absolute Gasteiger partial charge is 0.462 e. The van der Waals surface area contributed by atoms with E-state index in [-0.39, 0.29) is 19.4 Å². The Morgan fingerprint density at radius 1 is 0.517 bits per heavy atom. The van der Waals surface area contributed by atoms with Gasteiger partial charge in [0.25, 0.3) is 0 Å². The summed E-state index contributed by atoms with van der Waals surface area (Å²) in [5.41, 5.74) is 0. The fraction of sp³-hybridized carbons (Fsp3) is 0.745. The lowest BCUT2D eigenvalue weighted by Gasteiger charge is -2.20. The Hall–Kier alpha value is -2.33. The van der Waals surface area contributed by atoms with Gasteiger partial charge in [0.05, 0.1) is 19.8 Å². The number of unbranched alkanes of at least 4 members (excludes halogenated alkanes) is 18. The standard InChI is InChI=1S/C47H83O10P/c1-3-5-7-9-11-13-15-17-19-21-22-23-25-27-29-31-33-35-37-39-47(51)57-45(43-56-58(52,53)55-41-44(49)40-48)42-54-46(50)38-36-34-32-30-28-26-24-20-18-16-14-12-10-8-6-4-2/h11,13,17,19,22-23,27,29,33,35,44-45,48-49H,3-10,12,14-16,18,20-21,24-26,28,30-32,34,36-43H2,1-2H3,(H,52,53)/b13-11+,19-17+,23-22+,29-27+,35-33+/t44-,45+/m0/s1. The molecule has 3 atom stereocenters. The molecule has 0 saturated heterocycles. The normalized spacial score (nSPS) is 14.4. The second-order valence-electron chi connectivity index (χ2n) is 15.1. The molecule has 0 saturated carbocycles. The predicted octanol–water partition coefficient (Wildman–Crippen LogP) is 12.3. The zero-order chi connectivity index (χ0) is 42.6. The van der Waals surface area contributed by atoms with Crippen LogP contribution in [-0.2, 0) is 32.7 Å². The lowest BCUT2D eigenvalue weighted by molar-refractivity contribution is -0.161. The maximum Gasteiger partial charge on any atom is 0.472 e. The van der Waals surface area contributed by atoms with E-state index in [0.717, 1.165) is 44.9 Å². The molecule has 0 aromatic carbocycles. The Kier molecular flexibility index (Phi) is 41.1. The second-order valence-corrected chi connectivity index (χ2v) is 16.5. The molecule has 11 heteroatoms. The molecule has 0 fully saturated rings. The molecule has 0 amide bonds. The van der Waals surface area contributed by atoms with E-state index >= 15 is 0 Å². The van der Waals surface area contributed by atoms with Gasteiger partial charge in [-0.25, -0.2) is 4.57 Å². The van der Waals surface area contributed by atoms with Crippen LogP contribution in [0.25, 0.3) is 0 Å². The molecule has 3 N–H and O–H groups in total. The fourth-order valence-corrected chi connectivity index (χ4v) is 6.71. The summed E-state index contributed by atoms with van der Waals surface area (Å²) in [5.74, 6) is -1.02. The molecular formula is C47H83O10P. The van der Waals surface area contributed by atoms with Crippen LogP contribution in [0.15, 0.2) is 60.8 Å². The summed E-state index contributed by atoms with van der Waals surface area (Å²) in [5, 5.41) is 18.3. The first-order valence-corrected chi connectivity index (χ1v) is 24.2. The number of carbonyl (C=O) groups excluding carboxylic acids is 2. The number of phosphoric acid groups is 1. The molecule has 0 heterocycles. The maximum absolute atomic E-state index is 12.6. The molecule has 0 spiro atoms. The van der Waals surface area contributed by atoms with Crippen LogP contribution in [0.5, 0.6) is 0 Å². The van der Waals surface area contributed by atoms with E-state index in [0.29, 0.717) is 12.8 Å². The number of allylic oxidation sites excluding steroid dienone is 10. The van der Waals surface area contributed by atoms with Gasteiger partial charge in [0, 0.05) is 12.8 Å². The lowest BCUT2D eigenvalue weighted by Crippen LogP contribution is -2.29. The van der Waals surface area contributed by atoms with Gasteiger partial charge in [-0.2, -0.15) is 0 Å². The third-order valence-electron chi connectivity index (χ3n) is 9.44. The van der Waals surface area contributed by atoms with Crippen LogP contribution in [0.2, 0.25) is 0 Å². The van der Waals surface area contributed by atoms with Gasteiger partial charge < -0.3 is 24.6 Å². The van der Waals surface area contributed by atoms with E-state index in [9.17, 15) is 24.2 Å². The predicted molar refractivity (Wildman–Crippen MR) is 237 cm³/mol. The van der Waals surface area contributed by atoms with Crippen LogP contribution in [-0.4, -0.2) is 65.7 Å². The van der Waals surface area contributed by atoms with Crippen molar-refractivity contribution in [3.63, 3.8) is 0 Å². The van der Waals surface area contributed by atoms with Crippen molar-refractivity contribution in [1.82, 2.24) is 0 Å². The van der Waals surface area contributed by atoms with Crippen LogP contribution in [0.4, 0.5) is 0 Å². The number of aliphatic hydroxyl groups excluding tert-OH is 2. The van der Waals surface area contributed by atoms with Crippen molar-refractivity contribution < 1.29 is 47.8 Å². The van der Waals surface area contributed by atoms with E-state index in [1.165, 1.54) is 103 Å². The highest BCUT2D eigenvalue weighted by molar-refractivity contribution is 7.47. The highest BCUT2D eigenvalue weighted by atomic mass is 31.2. The van der Waals surface area contributed by atoms with Crippen molar-refractivity contribution >= 4 is 19.8 Å². The van der Waals surface area contributed by atoms with Gasteiger partial charge in [0.1, 0.15) is 12.7 Å². The van der Waals surface area contributed by atoms with Crippen LogP contribution in [0.1, 0.15) is 187 Å². The first-order chi connectivity index (χ1) is 28.2.